The van der Waals surface area contributed by atoms with E-state index >= 15 is 0 Å². The molecule has 0 aliphatic rings. The van der Waals surface area contributed by atoms with Gasteiger partial charge < -0.3 is 57.4 Å². The van der Waals surface area contributed by atoms with Gasteiger partial charge in [-0.15, -0.1) is 0 Å². The predicted molar refractivity (Wildman–Crippen MR) is 121 cm³/mol. The molecule has 6 rings (SSSR count). The van der Waals surface area contributed by atoms with E-state index in [0.717, 1.165) is 0 Å². The Morgan fingerprint density at radius 1 is 0.526 bits per heavy atom. The second kappa shape index (κ2) is 17.1. The van der Waals surface area contributed by atoms with Crippen molar-refractivity contribution in [1.29, 1.82) is 0 Å². The Balaban J connectivity index is 0. The fourth-order valence-corrected chi connectivity index (χ4v) is 2.34. The second-order valence-corrected chi connectivity index (χ2v) is 5.75. The van der Waals surface area contributed by atoms with Crippen molar-refractivity contribution < 1.29 is 55.5 Å². The Bertz CT molecular complexity index is 1280. The smallest absolute Gasteiger partial charge is 0.457 e. The van der Waals surface area contributed by atoms with E-state index in [1.165, 1.54) is 0 Å². The molecule has 0 amide bonds. The third kappa shape index (κ3) is 8.32. The molecule has 2 radical (unpaired) electrons. The maximum atomic E-state index is 4.13. The number of aromatic nitrogens is 16. The molecule has 6 heterocycles. The van der Waals surface area contributed by atoms with Crippen molar-refractivity contribution in [1.82, 2.24) is 81.6 Å². The van der Waals surface area contributed by atoms with Crippen molar-refractivity contribution in [3.05, 3.63) is 48.8 Å². The van der Waals surface area contributed by atoms with Crippen LogP contribution in [0.4, 0.5) is 0 Å². The molecule has 0 saturated heterocycles. The Morgan fingerprint density at radius 3 is 1.61 bits per heavy atom. The normalized spacial score (nSPS) is 8.84. The molecule has 0 unspecified atom stereocenters. The third-order valence-electron chi connectivity index (χ3n) is 3.73. The number of nitrogens with zero attached hydrogens (tertiary/aromatic N) is 16. The summed E-state index contributed by atoms with van der Waals surface area (Å²) in [5, 5.41) is 43.4. The van der Waals surface area contributed by atoms with Crippen molar-refractivity contribution >= 4 is 0 Å². The molecule has 0 atom stereocenters. The summed E-state index contributed by atoms with van der Waals surface area (Å²) in [5.74, 6) is 1.97. The molecule has 6 aromatic heterocycles. The molecule has 0 aromatic carbocycles. The molecule has 22 heteroatoms. The molecule has 38 heavy (non-hydrogen) atoms. The number of hydrogen-bond donors (Lipinski definition) is 0. The fraction of sp³-hybridized carbons (Fsp3) is 0. The quantitative estimate of drug-likeness (QED) is 0.167. The minimum atomic E-state index is 0. The van der Waals surface area contributed by atoms with Crippen LogP contribution in [0.3, 0.4) is 0 Å². The summed E-state index contributed by atoms with van der Waals surface area (Å²) in [4.78, 5) is 16.5. The maximum absolute atomic E-state index is 4.13. The summed E-state index contributed by atoms with van der Waals surface area (Å²) in [6, 6.07) is 10.9. The molecular weight excluding hydrogens is 598 g/mol. The van der Waals surface area contributed by atoms with Crippen LogP contribution >= 0.6 is 0 Å². The first-order chi connectivity index (χ1) is 15.9. The zero-order valence-corrected chi connectivity index (χ0v) is 20.8. The van der Waals surface area contributed by atoms with Crippen LogP contribution in [0.25, 0.3) is 46.3 Å². The SMILES string of the molecule is [Co+2].[Co+2].[OH3+].[OH3+].[OH3+].[OH3+].c1ccc(-c2nc(-c3nn[n-]n3)n[n-]2)nc1.c1ccc(-c2nnc(-c3nn[n-]n3)[n-]2)nc1. The van der Waals surface area contributed by atoms with Gasteiger partial charge >= 0.3 is 33.6 Å². The van der Waals surface area contributed by atoms with E-state index in [1.807, 2.05) is 24.3 Å². The molecule has 0 bridgehead atoms. The first-order valence-electron chi connectivity index (χ1n) is 8.82. The molecule has 0 fully saturated rings. The van der Waals surface area contributed by atoms with E-state index in [4.69, 9.17) is 0 Å². The first kappa shape index (κ1) is 35.7. The Labute approximate surface area is 232 Å². The van der Waals surface area contributed by atoms with Gasteiger partial charge in [-0.3, -0.25) is 35.9 Å². The van der Waals surface area contributed by atoms with Crippen LogP contribution in [-0.2, 0) is 55.5 Å². The number of tetrazole rings is 2. The van der Waals surface area contributed by atoms with Gasteiger partial charge in [0.1, 0.15) is 0 Å². The van der Waals surface area contributed by atoms with Crippen molar-refractivity contribution in [2.75, 3.05) is 0 Å². The van der Waals surface area contributed by atoms with Crippen LogP contribution in [0.15, 0.2) is 48.8 Å². The van der Waals surface area contributed by atoms with E-state index in [0.29, 0.717) is 34.7 Å². The largest absolute Gasteiger partial charge is 2.00 e. The fourth-order valence-electron chi connectivity index (χ4n) is 2.34. The summed E-state index contributed by atoms with van der Waals surface area (Å²) in [7, 11) is 0. The van der Waals surface area contributed by atoms with Gasteiger partial charge in [0, 0.05) is 24.0 Å². The van der Waals surface area contributed by atoms with Crippen LogP contribution in [0, 0.1) is 0 Å². The van der Waals surface area contributed by atoms with Crippen molar-refractivity contribution in [2.45, 2.75) is 0 Å². The number of pyridine rings is 2. The van der Waals surface area contributed by atoms with Gasteiger partial charge in [-0.25, -0.2) is 10.2 Å². The van der Waals surface area contributed by atoms with E-state index < -0.39 is 0 Å². The molecule has 12 N–H and O–H groups in total. The van der Waals surface area contributed by atoms with Gasteiger partial charge in [-0.1, -0.05) is 12.1 Å². The Kier molecular flexibility index (Phi) is 16.1. The Morgan fingerprint density at radius 2 is 1.08 bits per heavy atom. The van der Waals surface area contributed by atoms with Gasteiger partial charge in [-0.05, 0) is 30.1 Å². The van der Waals surface area contributed by atoms with Crippen LogP contribution in [0.1, 0.15) is 0 Å². The van der Waals surface area contributed by atoms with Gasteiger partial charge in [-0.2, -0.15) is 0 Å². The van der Waals surface area contributed by atoms with Crippen molar-refractivity contribution in [3.63, 3.8) is 0 Å². The summed E-state index contributed by atoms with van der Waals surface area (Å²) in [5.41, 5.74) is 1.29. The number of hydrogen-bond acceptors (Lipinski definition) is 12. The Hall–Kier alpha value is -4.43. The molecule has 0 aliphatic heterocycles. The zero-order chi connectivity index (χ0) is 21.6. The van der Waals surface area contributed by atoms with Crippen LogP contribution in [0.5, 0.6) is 0 Å². The average Bonchev–Trinajstić information content (AvgIpc) is 3.67. The van der Waals surface area contributed by atoms with Crippen molar-refractivity contribution in [3.8, 4) is 46.3 Å². The van der Waals surface area contributed by atoms with Crippen LogP contribution in [-0.4, -0.2) is 61.1 Å². The predicted octanol–water partition coefficient (Wildman–Crippen LogP) is -5.08. The molecule has 6 aromatic rings. The minimum absolute atomic E-state index is 0. The zero-order valence-electron chi connectivity index (χ0n) is 18.8. The topological polar surface area (TPSA) is 343 Å². The van der Waals surface area contributed by atoms with Crippen molar-refractivity contribution in [2.24, 2.45) is 0 Å². The average molecular weight is 618 g/mol. The standard InChI is InChI=1S/2C8H4N8.2Co.4H2O/c2*1-2-4-9-5(3-1)6-10-7(12-11-6)8-13-15-16-14-8;;;;;;/h2*1-4H;;;4*1H2/q2*-2;2*+2;;;;/p+4. The van der Waals surface area contributed by atoms with Gasteiger partial charge in [0.2, 0.25) is 0 Å². The summed E-state index contributed by atoms with van der Waals surface area (Å²) in [6.07, 6.45) is 3.32. The maximum Gasteiger partial charge on any atom is 2.00 e. The molecule has 0 saturated carbocycles. The summed E-state index contributed by atoms with van der Waals surface area (Å²) >= 11 is 0. The molecule has 0 aliphatic carbocycles. The minimum Gasteiger partial charge on any atom is -0.457 e. The molecule has 202 valence electrons. The number of rotatable bonds is 4. The summed E-state index contributed by atoms with van der Waals surface area (Å²) in [6.45, 7) is 0. The monoisotopic (exact) mass is 618 g/mol. The van der Waals surface area contributed by atoms with Crippen LogP contribution in [0.2, 0.25) is 0 Å². The first-order valence-corrected chi connectivity index (χ1v) is 8.82. The molecule has 20 nitrogen and oxygen atoms in total. The molecular formula is C16H20Co2N16O4+4. The van der Waals surface area contributed by atoms with E-state index in [1.54, 1.807) is 24.5 Å². The van der Waals surface area contributed by atoms with Crippen LogP contribution < -0.4 is 20.5 Å². The van der Waals surface area contributed by atoms with Gasteiger partial charge in [0.15, 0.2) is 0 Å². The van der Waals surface area contributed by atoms with Gasteiger partial charge in [0.25, 0.3) is 0 Å². The van der Waals surface area contributed by atoms with E-state index in [-0.39, 0.29) is 67.1 Å². The van der Waals surface area contributed by atoms with Gasteiger partial charge in [0.05, 0.1) is 28.9 Å². The van der Waals surface area contributed by atoms with E-state index in [9.17, 15) is 0 Å². The third-order valence-corrected chi connectivity index (χ3v) is 3.73. The molecule has 0 spiro atoms. The van der Waals surface area contributed by atoms with E-state index in [2.05, 4.69) is 81.6 Å². The summed E-state index contributed by atoms with van der Waals surface area (Å²) < 4.78 is 0. The second-order valence-electron chi connectivity index (χ2n) is 5.75.